The maximum atomic E-state index is 11.7. The average molecular weight is 446 g/mol. The Hall–Kier alpha value is -0.880. The quantitative estimate of drug-likeness (QED) is 0.711. The molecule has 2 fully saturated rings. The third-order valence-electron chi connectivity index (χ3n) is 5.26. The summed E-state index contributed by atoms with van der Waals surface area (Å²) >= 11 is 7.90. The van der Waals surface area contributed by atoms with Gasteiger partial charge in [-0.1, -0.05) is 0 Å². The minimum absolute atomic E-state index is 0.124. The van der Waals surface area contributed by atoms with Crippen LogP contribution in [0.2, 0.25) is 5.28 Å². The van der Waals surface area contributed by atoms with Crippen LogP contribution in [0.25, 0.3) is 10.2 Å². The third kappa shape index (κ3) is 4.18. The molecule has 0 saturated carbocycles. The van der Waals surface area contributed by atoms with Gasteiger partial charge < -0.3 is 10.1 Å². The molecular weight excluding hydrogens is 422 g/mol. The summed E-state index contributed by atoms with van der Waals surface area (Å²) in [6.45, 7) is 7.53. The summed E-state index contributed by atoms with van der Waals surface area (Å²) in [4.78, 5) is 12.4. The molecule has 1 N–H and O–H groups in total. The van der Waals surface area contributed by atoms with Crippen molar-refractivity contribution in [3.05, 3.63) is 21.4 Å². The highest BCUT2D eigenvalue weighted by Crippen LogP contribution is 2.36. The van der Waals surface area contributed by atoms with Crippen LogP contribution in [0.5, 0.6) is 0 Å². The molecule has 4 heterocycles. The molecule has 2 saturated heterocycles. The number of thiophene rings is 1. The second kappa shape index (κ2) is 8.10. The van der Waals surface area contributed by atoms with E-state index in [2.05, 4.69) is 27.1 Å². The predicted octanol–water partition coefficient (Wildman–Crippen LogP) is 1.39. The predicted molar refractivity (Wildman–Crippen MR) is 110 cm³/mol. The van der Waals surface area contributed by atoms with Gasteiger partial charge in [0.25, 0.3) is 0 Å². The zero-order chi connectivity index (χ0) is 19.9. The van der Waals surface area contributed by atoms with E-state index >= 15 is 0 Å². The van der Waals surface area contributed by atoms with Crippen LogP contribution in [0.4, 0.5) is 0 Å². The fourth-order valence-corrected chi connectivity index (χ4v) is 5.98. The smallest absolute Gasteiger partial charge is 0.223 e. The number of nitrogens with one attached hydrogen (secondary N) is 1. The highest BCUT2D eigenvalue weighted by molar-refractivity contribution is 7.88. The van der Waals surface area contributed by atoms with Gasteiger partial charge in [0.2, 0.25) is 15.3 Å². The molecular formula is C17H24ClN5O3S2. The topological polar surface area (TPSA) is 87.7 Å². The minimum atomic E-state index is -3.12. The maximum Gasteiger partial charge on any atom is 0.223 e. The Labute approximate surface area is 173 Å². The van der Waals surface area contributed by atoms with Crippen molar-refractivity contribution in [2.75, 3.05) is 52.1 Å². The Morgan fingerprint density at radius 1 is 1.29 bits per heavy atom. The van der Waals surface area contributed by atoms with Crippen molar-refractivity contribution >= 4 is 43.2 Å². The van der Waals surface area contributed by atoms with Gasteiger partial charge in [0.1, 0.15) is 6.10 Å². The highest BCUT2D eigenvalue weighted by Gasteiger charge is 2.27. The van der Waals surface area contributed by atoms with Crippen molar-refractivity contribution in [3.8, 4) is 0 Å². The number of morpholine rings is 1. The number of halogens is 1. The van der Waals surface area contributed by atoms with E-state index in [4.69, 9.17) is 16.3 Å². The van der Waals surface area contributed by atoms with E-state index in [1.165, 1.54) is 15.4 Å². The molecule has 11 heteroatoms. The van der Waals surface area contributed by atoms with Crippen molar-refractivity contribution in [1.82, 2.24) is 24.5 Å². The summed E-state index contributed by atoms with van der Waals surface area (Å²) in [6.07, 6.45) is 1.14. The maximum absolute atomic E-state index is 11.7. The molecule has 0 bridgehead atoms. The second-order valence-corrected chi connectivity index (χ2v) is 10.6. The number of ether oxygens (including phenoxy) is 1. The third-order valence-corrected chi connectivity index (χ3v) is 8.02. The van der Waals surface area contributed by atoms with Gasteiger partial charge in [0, 0.05) is 50.7 Å². The van der Waals surface area contributed by atoms with Crippen LogP contribution in [0.15, 0.2) is 0 Å². The number of nitrogens with zero attached hydrogens (tertiary/aromatic N) is 4. The molecule has 0 aliphatic carbocycles. The van der Waals surface area contributed by atoms with Gasteiger partial charge in [-0.3, -0.25) is 4.90 Å². The molecule has 8 nitrogen and oxygen atoms in total. The molecule has 0 amide bonds. The average Bonchev–Trinajstić information content (AvgIpc) is 2.97. The van der Waals surface area contributed by atoms with E-state index in [9.17, 15) is 8.42 Å². The number of rotatable bonds is 4. The first-order valence-electron chi connectivity index (χ1n) is 9.28. The molecule has 2 aromatic heterocycles. The molecule has 0 radical (unpaired) electrons. The molecule has 154 valence electrons. The lowest BCUT2D eigenvalue weighted by Crippen LogP contribution is -2.47. The molecule has 2 aliphatic heterocycles. The van der Waals surface area contributed by atoms with Crippen LogP contribution >= 0.6 is 22.9 Å². The molecule has 0 spiro atoms. The Morgan fingerprint density at radius 2 is 2.04 bits per heavy atom. The van der Waals surface area contributed by atoms with Gasteiger partial charge in [-0.25, -0.2) is 18.4 Å². The number of aryl methyl sites for hydroxylation is 1. The largest absolute Gasteiger partial charge is 0.369 e. The SMILES string of the molecule is Cc1c(CN2CCN(S(C)(=O)=O)CC2)sc2c(C3CNCCO3)nc(Cl)nc12. The zero-order valence-electron chi connectivity index (χ0n) is 15.9. The number of piperazine rings is 1. The van der Waals surface area contributed by atoms with Crippen molar-refractivity contribution in [1.29, 1.82) is 0 Å². The van der Waals surface area contributed by atoms with Gasteiger partial charge in [-0.2, -0.15) is 4.31 Å². The lowest BCUT2D eigenvalue weighted by molar-refractivity contribution is 0.0261. The molecule has 2 aliphatic rings. The zero-order valence-corrected chi connectivity index (χ0v) is 18.3. The van der Waals surface area contributed by atoms with Gasteiger partial charge >= 0.3 is 0 Å². The Morgan fingerprint density at radius 3 is 2.68 bits per heavy atom. The minimum Gasteiger partial charge on any atom is -0.369 e. The van der Waals surface area contributed by atoms with Crippen LogP contribution in [0.3, 0.4) is 0 Å². The standard InChI is InChI=1S/C17H24ClN5O3S2/c1-11-13(10-22-4-6-23(7-5-22)28(2,24)25)27-16-14(11)20-17(18)21-15(16)12-9-19-3-8-26-12/h12,19H,3-10H2,1-2H3. The molecule has 2 aromatic rings. The summed E-state index contributed by atoms with van der Waals surface area (Å²) in [7, 11) is -3.12. The first-order chi connectivity index (χ1) is 13.3. The summed E-state index contributed by atoms with van der Waals surface area (Å²) < 4.78 is 31.9. The van der Waals surface area contributed by atoms with Crippen molar-refractivity contribution < 1.29 is 13.2 Å². The molecule has 28 heavy (non-hydrogen) atoms. The first-order valence-corrected chi connectivity index (χ1v) is 12.3. The monoisotopic (exact) mass is 445 g/mol. The first kappa shape index (κ1) is 20.4. The number of hydrogen-bond donors (Lipinski definition) is 1. The number of aromatic nitrogens is 2. The summed E-state index contributed by atoms with van der Waals surface area (Å²) in [5, 5.41) is 3.58. The van der Waals surface area contributed by atoms with E-state index in [0.29, 0.717) is 26.2 Å². The van der Waals surface area contributed by atoms with Gasteiger partial charge in [0.05, 0.1) is 28.8 Å². The van der Waals surface area contributed by atoms with E-state index in [1.807, 2.05) is 0 Å². The normalized spacial score (nSPS) is 22.8. The van der Waals surface area contributed by atoms with Crippen LogP contribution in [0.1, 0.15) is 22.2 Å². The summed E-state index contributed by atoms with van der Waals surface area (Å²) in [5.74, 6) is 0. The van der Waals surface area contributed by atoms with E-state index in [1.54, 1.807) is 11.3 Å². The summed E-state index contributed by atoms with van der Waals surface area (Å²) in [6, 6.07) is 0. The second-order valence-electron chi connectivity index (χ2n) is 7.21. The molecule has 0 aromatic carbocycles. The van der Waals surface area contributed by atoms with Crippen LogP contribution in [-0.4, -0.2) is 79.7 Å². The number of fused-ring (bicyclic) bond motifs is 1. The lowest BCUT2D eigenvalue weighted by atomic mass is 10.1. The van der Waals surface area contributed by atoms with Gasteiger partial charge in [-0.15, -0.1) is 11.3 Å². The van der Waals surface area contributed by atoms with Gasteiger partial charge in [-0.05, 0) is 24.1 Å². The molecule has 4 rings (SSSR count). The Kier molecular flexibility index (Phi) is 5.90. The van der Waals surface area contributed by atoms with Crippen molar-refractivity contribution in [2.24, 2.45) is 0 Å². The van der Waals surface area contributed by atoms with Gasteiger partial charge in [0.15, 0.2) is 0 Å². The van der Waals surface area contributed by atoms with Crippen molar-refractivity contribution in [3.63, 3.8) is 0 Å². The fourth-order valence-electron chi connectivity index (χ4n) is 3.66. The van der Waals surface area contributed by atoms with E-state index in [-0.39, 0.29) is 11.4 Å². The van der Waals surface area contributed by atoms with Crippen LogP contribution in [-0.2, 0) is 21.3 Å². The van der Waals surface area contributed by atoms with Crippen molar-refractivity contribution in [2.45, 2.75) is 19.6 Å². The Bertz CT molecular complexity index is 967. The molecule has 1 atom stereocenters. The fraction of sp³-hybridized carbons (Fsp3) is 0.647. The van der Waals surface area contributed by atoms with E-state index in [0.717, 1.165) is 47.7 Å². The number of hydrogen-bond acceptors (Lipinski definition) is 8. The van der Waals surface area contributed by atoms with Crippen LogP contribution < -0.4 is 5.32 Å². The lowest BCUT2D eigenvalue weighted by Gasteiger charge is -2.33. The van der Waals surface area contributed by atoms with Crippen LogP contribution in [0, 0.1) is 6.92 Å². The summed E-state index contributed by atoms with van der Waals surface area (Å²) in [5.41, 5.74) is 2.85. The van der Waals surface area contributed by atoms with E-state index < -0.39 is 10.0 Å². The number of sulfonamides is 1. The Balaban J connectivity index is 1.58. The highest BCUT2D eigenvalue weighted by atomic mass is 35.5. The molecule has 1 unspecified atom stereocenters.